The van der Waals surface area contributed by atoms with Crippen molar-refractivity contribution in [2.24, 2.45) is 11.6 Å². The van der Waals surface area contributed by atoms with Gasteiger partial charge in [-0.05, 0) is 24.6 Å². The second-order valence-electron chi connectivity index (χ2n) is 7.19. The molecule has 0 radical (unpaired) electrons. The number of nitrogens with two attached hydrogens (primary N) is 2. The Hall–Kier alpha value is -3.58. The van der Waals surface area contributed by atoms with Crippen LogP contribution in [0.1, 0.15) is 16.8 Å². The summed E-state index contributed by atoms with van der Waals surface area (Å²) >= 11 is 0. The highest BCUT2D eigenvalue weighted by molar-refractivity contribution is 6.17. The number of benzene rings is 2. The van der Waals surface area contributed by atoms with Gasteiger partial charge < -0.3 is 15.6 Å². The molecule has 2 aromatic carbocycles. The van der Waals surface area contributed by atoms with Crippen molar-refractivity contribution in [2.45, 2.75) is 12.5 Å². The molecule has 0 saturated carbocycles. The fourth-order valence-corrected chi connectivity index (χ4v) is 3.99. The molecule has 3 aromatic rings. The summed E-state index contributed by atoms with van der Waals surface area (Å²) in [4.78, 5) is 26.4. The minimum Gasteiger partial charge on any atom is -0.397 e. The van der Waals surface area contributed by atoms with E-state index < -0.39 is 6.04 Å². The Morgan fingerprint density at radius 1 is 1.21 bits per heavy atom. The van der Waals surface area contributed by atoms with E-state index in [-0.39, 0.29) is 11.8 Å². The molecule has 1 aliphatic heterocycles. The molecule has 0 spiro atoms. The summed E-state index contributed by atoms with van der Waals surface area (Å²) in [6.07, 6.45) is 3.53. The maximum Gasteiger partial charge on any atom is 0.254 e. The number of likely N-dealkylation sites (tertiary alicyclic amines) is 1. The van der Waals surface area contributed by atoms with Gasteiger partial charge in [0.25, 0.3) is 5.91 Å². The summed E-state index contributed by atoms with van der Waals surface area (Å²) in [5.74, 6) is 5.92. The number of likely N-dealkylation sites (N-methyl/N-ethyl adjacent to an activating group) is 1. The SMILES string of the molecule is C=CC(=O)n1c2ccccc2c2c(/C(N)=C/N(N)C3CCN(C)C3=O)cccc21. The first-order valence-corrected chi connectivity index (χ1v) is 9.38. The molecule has 4 rings (SSSR count). The largest absolute Gasteiger partial charge is 0.397 e. The maximum absolute atomic E-state index is 12.5. The Morgan fingerprint density at radius 3 is 2.62 bits per heavy atom. The first-order valence-electron chi connectivity index (χ1n) is 9.38. The zero-order valence-corrected chi connectivity index (χ0v) is 16.2. The predicted molar refractivity (Wildman–Crippen MR) is 115 cm³/mol. The van der Waals surface area contributed by atoms with Gasteiger partial charge in [-0.1, -0.05) is 36.9 Å². The topological polar surface area (TPSA) is 97.6 Å². The molecule has 1 saturated heterocycles. The number of fused-ring (bicyclic) bond motifs is 3. The Morgan fingerprint density at radius 2 is 1.93 bits per heavy atom. The van der Waals surface area contributed by atoms with E-state index >= 15 is 0 Å². The minimum absolute atomic E-state index is 0.0251. The molecule has 1 amide bonds. The van der Waals surface area contributed by atoms with Crippen LogP contribution in [0.15, 0.2) is 61.3 Å². The molecule has 1 unspecified atom stereocenters. The number of carbonyl (C=O) groups excluding carboxylic acids is 2. The van der Waals surface area contributed by atoms with Crippen molar-refractivity contribution in [2.75, 3.05) is 13.6 Å². The summed E-state index contributed by atoms with van der Waals surface area (Å²) < 4.78 is 1.63. The van der Waals surface area contributed by atoms with Crippen LogP contribution in [-0.2, 0) is 4.79 Å². The van der Waals surface area contributed by atoms with Gasteiger partial charge in [-0.15, -0.1) is 0 Å². The third-order valence-corrected chi connectivity index (χ3v) is 5.45. The molecule has 1 fully saturated rings. The lowest BCUT2D eigenvalue weighted by molar-refractivity contribution is -0.130. The van der Waals surface area contributed by atoms with Crippen LogP contribution in [0.25, 0.3) is 27.5 Å². The average molecular weight is 389 g/mol. The van der Waals surface area contributed by atoms with Gasteiger partial charge in [-0.3, -0.25) is 14.2 Å². The van der Waals surface area contributed by atoms with E-state index in [1.807, 2.05) is 42.5 Å². The number of para-hydroxylation sites is 1. The van der Waals surface area contributed by atoms with E-state index in [0.29, 0.717) is 18.7 Å². The number of hydrogen-bond donors (Lipinski definition) is 2. The fraction of sp³-hybridized carbons (Fsp3) is 0.182. The summed E-state index contributed by atoms with van der Waals surface area (Å²) in [6, 6.07) is 12.8. The van der Waals surface area contributed by atoms with E-state index in [1.54, 1.807) is 22.7 Å². The van der Waals surface area contributed by atoms with E-state index in [9.17, 15) is 9.59 Å². The summed E-state index contributed by atoms with van der Waals surface area (Å²) in [5, 5.41) is 3.15. The number of allylic oxidation sites excluding steroid dienone is 1. The normalized spacial score (nSPS) is 17.3. The molecular formula is C22H23N5O2. The van der Waals surface area contributed by atoms with Crippen LogP contribution >= 0.6 is 0 Å². The van der Waals surface area contributed by atoms with Gasteiger partial charge in [-0.2, -0.15) is 0 Å². The van der Waals surface area contributed by atoms with Crippen LogP contribution in [0.5, 0.6) is 0 Å². The number of aromatic nitrogens is 1. The van der Waals surface area contributed by atoms with Gasteiger partial charge in [0.05, 0.1) is 16.7 Å². The molecule has 1 aliphatic rings. The summed E-state index contributed by atoms with van der Waals surface area (Å²) in [5.41, 5.74) is 9.12. The highest BCUT2D eigenvalue weighted by atomic mass is 16.2. The molecule has 0 aliphatic carbocycles. The van der Waals surface area contributed by atoms with Crippen LogP contribution in [0, 0.1) is 0 Å². The lowest BCUT2D eigenvalue weighted by atomic mass is 10.0. The Bertz CT molecular complexity index is 1180. The third-order valence-electron chi connectivity index (χ3n) is 5.45. The number of hydrogen-bond acceptors (Lipinski definition) is 5. The van der Waals surface area contributed by atoms with Crippen LogP contribution in [-0.4, -0.2) is 45.9 Å². The van der Waals surface area contributed by atoms with Gasteiger partial charge in [0.15, 0.2) is 0 Å². The van der Waals surface area contributed by atoms with E-state index in [0.717, 1.165) is 27.4 Å². The highest BCUT2D eigenvalue weighted by Gasteiger charge is 2.32. The first kappa shape index (κ1) is 18.8. The van der Waals surface area contributed by atoms with Gasteiger partial charge >= 0.3 is 0 Å². The standard InChI is InChI=1S/C22H23N5O2/c1-3-20(28)27-17-9-5-4-7-15(17)21-14(8-6-10-18(21)27)16(23)13-26(24)19-11-12-25(2)22(19)29/h3-10,13,19H,1,11-12,23-24H2,2H3/b16-13-. The zero-order chi connectivity index (χ0) is 20.7. The number of nitrogens with zero attached hydrogens (tertiary/aromatic N) is 3. The molecule has 0 bridgehead atoms. The van der Waals surface area contributed by atoms with Crippen LogP contribution in [0.3, 0.4) is 0 Å². The van der Waals surface area contributed by atoms with Gasteiger partial charge in [-0.25, -0.2) is 5.84 Å². The summed E-state index contributed by atoms with van der Waals surface area (Å²) in [6.45, 7) is 4.28. The quantitative estimate of drug-likeness (QED) is 0.405. The molecule has 4 N–H and O–H groups in total. The Balaban J connectivity index is 1.87. The van der Waals surface area contributed by atoms with E-state index in [1.165, 1.54) is 11.1 Å². The molecular weight excluding hydrogens is 366 g/mol. The van der Waals surface area contributed by atoms with Gasteiger partial charge in [0.1, 0.15) is 6.04 Å². The monoisotopic (exact) mass is 389 g/mol. The average Bonchev–Trinajstić information content (AvgIpc) is 3.24. The van der Waals surface area contributed by atoms with Crippen LogP contribution < -0.4 is 11.6 Å². The molecule has 7 nitrogen and oxygen atoms in total. The minimum atomic E-state index is -0.429. The fourth-order valence-electron chi connectivity index (χ4n) is 3.99. The van der Waals surface area contributed by atoms with Crippen molar-refractivity contribution in [1.82, 2.24) is 14.5 Å². The molecule has 7 heteroatoms. The van der Waals surface area contributed by atoms with Crippen molar-refractivity contribution in [3.8, 4) is 0 Å². The number of amides is 1. The molecule has 29 heavy (non-hydrogen) atoms. The van der Waals surface area contributed by atoms with Gasteiger partial charge in [0.2, 0.25) is 5.91 Å². The molecule has 1 aromatic heterocycles. The van der Waals surface area contributed by atoms with Crippen molar-refractivity contribution >= 4 is 39.3 Å². The first-order chi connectivity index (χ1) is 13.9. The molecule has 1 atom stereocenters. The number of rotatable bonds is 4. The van der Waals surface area contributed by atoms with Crippen LogP contribution in [0.4, 0.5) is 0 Å². The predicted octanol–water partition coefficient (Wildman–Crippen LogP) is 2.28. The van der Waals surface area contributed by atoms with Crippen molar-refractivity contribution in [3.05, 3.63) is 66.9 Å². The molecule has 148 valence electrons. The molecule has 2 heterocycles. The summed E-state index contributed by atoms with van der Waals surface area (Å²) in [7, 11) is 1.76. The Kier molecular flexibility index (Phi) is 4.60. The smallest absolute Gasteiger partial charge is 0.254 e. The van der Waals surface area contributed by atoms with Crippen LogP contribution in [0.2, 0.25) is 0 Å². The van der Waals surface area contributed by atoms with Crippen molar-refractivity contribution in [1.29, 1.82) is 0 Å². The van der Waals surface area contributed by atoms with E-state index in [4.69, 9.17) is 11.6 Å². The lowest BCUT2D eigenvalue weighted by Gasteiger charge is -2.21. The number of carbonyl (C=O) groups is 2. The second kappa shape index (κ2) is 7.10. The Labute approximate surface area is 168 Å². The number of hydrazine groups is 1. The van der Waals surface area contributed by atoms with E-state index in [2.05, 4.69) is 6.58 Å². The van der Waals surface area contributed by atoms with Crippen molar-refractivity contribution < 1.29 is 9.59 Å². The zero-order valence-electron chi connectivity index (χ0n) is 16.2. The second-order valence-corrected chi connectivity index (χ2v) is 7.19. The third kappa shape index (κ3) is 2.96. The maximum atomic E-state index is 12.5. The van der Waals surface area contributed by atoms with Gasteiger partial charge in [0, 0.05) is 36.1 Å². The lowest BCUT2D eigenvalue weighted by Crippen LogP contribution is -2.42. The van der Waals surface area contributed by atoms with Crippen molar-refractivity contribution in [3.63, 3.8) is 0 Å². The highest BCUT2D eigenvalue weighted by Crippen LogP contribution is 2.33.